The van der Waals surface area contributed by atoms with Crippen LogP contribution in [-0.2, 0) is 16.4 Å². The molecule has 2 rings (SSSR count). The zero-order valence-electron chi connectivity index (χ0n) is 14.7. The molecule has 2 aromatic carbocycles. The van der Waals surface area contributed by atoms with E-state index in [1.54, 1.807) is 6.07 Å². The lowest BCUT2D eigenvalue weighted by Gasteiger charge is -2.20. The van der Waals surface area contributed by atoms with Crippen molar-refractivity contribution in [3.63, 3.8) is 0 Å². The molecule has 0 fully saturated rings. The Morgan fingerprint density at radius 3 is 2.22 bits per heavy atom. The molecule has 2 aromatic rings. The smallest absolute Gasteiger partial charge is 0.405 e. The van der Waals surface area contributed by atoms with Gasteiger partial charge in [0, 0.05) is 24.7 Å². The molecule has 0 saturated carbocycles. The average molecular weight is 401 g/mol. The number of ether oxygens (including phenoxy) is 1. The Balaban J connectivity index is 2.17. The Bertz CT molecular complexity index is 909. The van der Waals surface area contributed by atoms with Gasteiger partial charge in [-0.2, -0.15) is 0 Å². The number of benzene rings is 2. The number of amides is 1. The van der Waals surface area contributed by atoms with Crippen LogP contribution in [0.5, 0.6) is 5.75 Å². The van der Waals surface area contributed by atoms with Gasteiger partial charge in [0.15, 0.2) is 9.84 Å². The van der Waals surface area contributed by atoms with E-state index in [1.807, 2.05) is 0 Å². The number of hydrogen-bond donors (Lipinski definition) is 0. The normalized spacial score (nSPS) is 11.9. The Hall–Kier alpha value is -2.55. The van der Waals surface area contributed by atoms with E-state index in [-0.39, 0.29) is 34.1 Å². The minimum Gasteiger partial charge on any atom is -0.405 e. The second-order valence-corrected chi connectivity index (χ2v) is 8.02. The fourth-order valence-corrected chi connectivity index (χ4v) is 3.26. The molecule has 9 heteroatoms. The highest BCUT2D eigenvalue weighted by atomic mass is 32.2. The van der Waals surface area contributed by atoms with Crippen LogP contribution >= 0.6 is 0 Å². The highest BCUT2D eigenvalue weighted by Gasteiger charge is 2.32. The second-order valence-electron chi connectivity index (χ2n) is 5.74. The van der Waals surface area contributed by atoms with Gasteiger partial charge in [-0.15, -0.1) is 13.2 Å². The summed E-state index contributed by atoms with van der Waals surface area (Å²) in [5.74, 6) is -0.901. The van der Waals surface area contributed by atoms with E-state index in [2.05, 4.69) is 4.74 Å². The number of nitrogens with zero attached hydrogens (tertiary/aromatic N) is 1. The van der Waals surface area contributed by atoms with E-state index >= 15 is 0 Å². The van der Waals surface area contributed by atoms with Gasteiger partial charge in [0.1, 0.15) is 5.75 Å². The zero-order chi connectivity index (χ0) is 20.2. The van der Waals surface area contributed by atoms with Gasteiger partial charge in [-0.05, 0) is 30.3 Å². The maximum atomic E-state index is 12.5. The van der Waals surface area contributed by atoms with Crippen molar-refractivity contribution in [3.8, 4) is 5.75 Å². The molecule has 5 nitrogen and oxygen atoms in total. The molecule has 0 saturated heterocycles. The summed E-state index contributed by atoms with van der Waals surface area (Å²) in [7, 11) is -1.95. The molecule has 1 amide bonds. The first-order chi connectivity index (χ1) is 12.5. The Kier molecular flexibility index (Phi) is 6.15. The topological polar surface area (TPSA) is 63.7 Å². The average Bonchev–Trinajstić information content (AvgIpc) is 2.61. The van der Waals surface area contributed by atoms with Gasteiger partial charge in [0.2, 0.25) is 0 Å². The third-order valence-electron chi connectivity index (χ3n) is 3.79. The van der Waals surface area contributed by atoms with Gasteiger partial charge < -0.3 is 9.64 Å². The molecule has 0 aromatic heterocycles. The summed E-state index contributed by atoms with van der Waals surface area (Å²) in [5, 5.41) is 0. The summed E-state index contributed by atoms with van der Waals surface area (Å²) in [6.07, 6.45) is -4.83. The number of alkyl halides is 3. The van der Waals surface area contributed by atoms with Gasteiger partial charge in [-0.3, -0.25) is 4.79 Å². The summed E-state index contributed by atoms with van der Waals surface area (Å²) in [4.78, 5) is 13.8. The summed E-state index contributed by atoms with van der Waals surface area (Å²) in [6.45, 7) is 1.41. The molecule has 27 heavy (non-hydrogen) atoms. The van der Waals surface area contributed by atoms with E-state index < -0.39 is 22.1 Å². The first-order valence-electron chi connectivity index (χ1n) is 7.95. The fourth-order valence-electron chi connectivity index (χ4n) is 2.38. The van der Waals surface area contributed by atoms with E-state index in [4.69, 9.17) is 0 Å². The predicted molar refractivity (Wildman–Crippen MR) is 93.1 cm³/mol. The monoisotopic (exact) mass is 401 g/mol. The van der Waals surface area contributed by atoms with Crippen LogP contribution in [0.3, 0.4) is 0 Å². The predicted octanol–water partition coefficient (Wildman–Crippen LogP) is 3.65. The van der Waals surface area contributed by atoms with E-state index in [1.165, 1.54) is 61.3 Å². The van der Waals surface area contributed by atoms with E-state index in [0.717, 1.165) is 0 Å². The van der Waals surface area contributed by atoms with E-state index in [0.29, 0.717) is 0 Å². The third-order valence-corrected chi connectivity index (χ3v) is 5.54. The van der Waals surface area contributed by atoms with Crippen molar-refractivity contribution in [2.75, 3.05) is 12.8 Å². The highest BCUT2D eigenvalue weighted by Crippen LogP contribution is 2.27. The molecule has 0 aliphatic heterocycles. The Morgan fingerprint density at radius 1 is 1.07 bits per heavy atom. The van der Waals surface area contributed by atoms with Crippen LogP contribution in [0.4, 0.5) is 13.2 Å². The zero-order valence-corrected chi connectivity index (χ0v) is 15.5. The number of carbonyl (C=O) groups is 1. The molecule has 0 aliphatic rings. The standard InChI is InChI=1S/C18H18F3NO4S/c1-3-27(24,25)15-10-8-13(9-11-15)17(23)22(2)12-14-6-4-5-7-16(14)26-18(19,20)21/h4-11H,3,12H2,1-2H3. The fraction of sp³-hybridized carbons (Fsp3) is 0.278. The van der Waals surface area contributed by atoms with Crippen molar-refractivity contribution >= 4 is 15.7 Å². The largest absolute Gasteiger partial charge is 0.573 e. The molecule has 0 atom stereocenters. The number of sulfone groups is 1. The van der Waals surface area contributed by atoms with Crippen LogP contribution in [0.15, 0.2) is 53.4 Å². The van der Waals surface area contributed by atoms with Crippen molar-refractivity contribution in [1.29, 1.82) is 0 Å². The molecular weight excluding hydrogens is 383 g/mol. The van der Waals surface area contributed by atoms with Gasteiger partial charge in [0.05, 0.1) is 10.6 Å². The van der Waals surface area contributed by atoms with Crippen molar-refractivity contribution in [1.82, 2.24) is 4.90 Å². The maximum absolute atomic E-state index is 12.5. The van der Waals surface area contributed by atoms with Crippen LogP contribution in [0.1, 0.15) is 22.8 Å². The molecule has 0 spiro atoms. The summed E-state index contributed by atoms with van der Waals surface area (Å²) in [5.41, 5.74) is 0.414. The number of hydrogen-bond acceptors (Lipinski definition) is 4. The van der Waals surface area contributed by atoms with Crippen LogP contribution in [0, 0.1) is 0 Å². The summed E-state index contributed by atoms with van der Waals surface area (Å²) >= 11 is 0. The molecule has 0 N–H and O–H groups in total. The van der Waals surface area contributed by atoms with Crippen molar-refractivity contribution in [2.24, 2.45) is 0 Å². The van der Waals surface area contributed by atoms with Gasteiger partial charge in [0.25, 0.3) is 5.91 Å². The number of halogens is 3. The molecule has 0 unspecified atom stereocenters. The van der Waals surface area contributed by atoms with Gasteiger partial charge >= 0.3 is 6.36 Å². The first-order valence-corrected chi connectivity index (χ1v) is 9.60. The molecule has 146 valence electrons. The van der Waals surface area contributed by atoms with Crippen LogP contribution < -0.4 is 4.74 Å². The van der Waals surface area contributed by atoms with Crippen LogP contribution in [-0.4, -0.2) is 38.4 Å². The number of rotatable bonds is 6. The lowest BCUT2D eigenvalue weighted by Crippen LogP contribution is -2.27. The lowest BCUT2D eigenvalue weighted by atomic mass is 10.1. The SMILES string of the molecule is CCS(=O)(=O)c1ccc(C(=O)N(C)Cc2ccccc2OC(F)(F)F)cc1. The molecular formula is C18H18F3NO4S. The number of para-hydroxylation sites is 1. The molecule has 0 heterocycles. The number of carbonyl (C=O) groups excluding carboxylic acids is 1. The highest BCUT2D eigenvalue weighted by molar-refractivity contribution is 7.91. The summed E-state index contributed by atoms with van der Waals surface area (Å²) < 4.78 is 65.1. The minimum absolute atomic E-state index is 0.0593. The molecule has 0 aliphatic carbocycles. The van der Waals surface area contributed by atoms with Crippen molar-refractivity contribution in [3.05, 3.63) is 59.7 Å². The summed E-state index contributed by atoms with van der Waals surface area (Å²) in [6, 6.07) is 11.0. The Morgan fingerprint density at radius 2 is 1.67 bits per heavy atom. The van der Waals surface area contributed by atoms with Crippen LogP contribution in [0.2, 0.25) is 0 Å². The molecule has 0 radical (unpaired) electrons. The first kappa shape index (κ1) is 20.8. The van der Waals surface area contributed by atoms with Gasteiger partial charge in [-0.25, -0.2) is 8.42 Å². The van der Waals surface area contributed by atoms with Crippen LogP contribution in [0.25, 0.3) is 0 Å². The maximum Gasteiger partial charge on any atom is 0.573 e. The Labute approximate surface area is 155 Å². The molecule has 0 bridgehead atoms. The minimum atomic E-state index is -4.83. The lowest BCUT2D eigenvalue weighted by molar-refractivity contribution is -0.275. The quantitative estimate of drug-likeness (QED) is 0.741. The van der Waals surface area contributed by atoms with Crippen molar-refractivity contribution < 1.29 is 31.1 Å². The van der Waals surface area contributed by atoms with Crippen molar-refractivity contribution in [2.45, 2.75) is 24.7 Å². The second kappa shape index (κ2) is 7.99. The van der Waals surface area contributed by atoms with E-state index in [9.17, 15) is 26.4 Å². The van der Waals surface area contributed by atoms with Gasteiger partial charge in [-0.1, -0.05) is 25.1 Å². The third kappa shape index (κ3) is 5.46.